The zero-order valence-corrected chi connectivity index (χ0v) is 20.6. The van der Waals surface area contributed by atoms with Crippen molar-refractivity contribution in [3.05, 3.63) is 84.1 Å². The van der Waals surface area contributed by atoms with Gasteiger partial charge in [-0.15, -0.1) is 0 Å². The van der Waals surface area contributed by atoms with Crippen molar-refractivity contribution >= 4 is 51.5 Å². The van der Waals surface area contributed by atoms with Crippen molar-refractivity contribution in [1.29, 1.82) is 0 Å². The van der Waals surface area contributed by atoms with Gasteiger partial charge in [0.1, 0.15) is 17.1 Å². The molecule has 0 saturated carbocycles. The molecule has 0 fully saturated rings. The van der Waals surface area contributed by atoms with Gasteiger partial charge in [-0.3, -0.25) is 14.9 Å². The van der Waals surface area contributed by atoms with Gasteiger partial charge < -0.3 is 24.5 Å². The predicted octanol–water partition coefficient (Wildman–Crippen LogP) is 5.61. The summed E-state index contributed by atoms with van der Waals surface area (Å²) in [6.45, 7) is 2.58. The highest BCUT2D eigenvalue weighted by Gasteiger charge is 2.16. The van der Waals surface area contributed by atoms with E-state index in [4.69, 9.17) is 26.1 Å². The summed E-state index contributed by atoms with van der Waals surface area (Å²) in [4.78, 5) is 25.3. The number of para-hydroxylation sites is 1. The van der Waals surface area contributed by atoms with E-state index < -0.39 is 5.91 Å². The second-order valence-electron chi connectivity index (χ2n) is 7.80. The minimum atomic E-state index is -0.404. The number of rotatable bonds is 8. The van der Waals surface area contributed by atoms with Gasteiger partial charge in [-0.05, 0) is 61.1 Å². The fourth-order valence-electron chi connectivity index (χ4n) is 3.43. The lowest BCUT2D eigenvalue weighted by atomic mass is 10.2. The molecule has 0 aliphatic carbocycles. The monoisotopic (exact) mass is 503 g/mol. The maximum Gasteiger partial charge on any atom is 0.291 e. The molecule has 9 heteroatoms. The van der Waals surface area contributed by atoms with E-state index in [2.05, 4.69) is 16.0 Å². The summed E-state index contributed by atoms with van der Waals surface area (Å²) in [7, 11) is 1.49. The molecular weight excluding hydrogens is 478 g/mol. The molecule has 0 saturated heterocycles. The molecule has 36 heavy (non-hydrogen) atoms. The predicted molar refractivity (Wildman–Crippen MR) is 143 cm³/mol. The van der Waals surface area contributed by atoms with E-state index in [1.165, 1.54) is 7.11 Å². The SMILES string of the molecule is CCCOc1cccc(C(=O)NC(=S)Nc2ccc(NC(=O)c3cc4ccccc4o3)c(OC)c2)c1. The Hall–Kier alpha value is -4.37. The number of hydrogen-bond acceptors (Lipinski definition) is 6. The van der Waals surface area contributed by atoms with Gasteiger partial charge in [0.25, 0.3) is 11.8 Å². The molecule has 0 spiro atoms. The van der Waals surface area contributed by atoms with Crippen LogP contribution in [0, 0.1) is 0 Å². The lowest BCUT2D eigenvalue weighted by Gasteiger charge is -2.14. The maximum absolute atomic E-state index is 12.7. The second-order valence-corrected chi connectivity index (χ2v) is 8.21. The summed E-state index contributed by atoms with van der Waals surface area (Å²) < 4.78 is 16.6. The molecule has 0 atom stereocenters. The Bertz CT molecular complexity index is 1380. The molecule has 0 radical (unpaired) electrons. The van der Waals surface area contributed by atoms with Crippen molar-refractivity contribution in [2.45, 2.75) is 13.3 Å². The minimum absolute atomic E-state index is 0.112. The van der Waals surface area contributed by atoms with Crippen LogP contribution in [0.2, 0.25) is 0 Å². The molecule has 1 heterocycles. The number of ether oxygens (including phenoxy) is 2. The zero-order chi connectivity index (χ0) is 25.5. The molecule has 3 aromatic carbocycles. The van der Waals surface area contributed by atoms with Crippen molar-refractivity contribution < 1.29 is 23.5 Å². The van der Waals surface area contributed by atoms with Crippen LogP contribution < -0.4 is 25.4 Å². The van der Waals surface area contributed by atoms with Crippen LogP contribution in [-0.2, 0) is 0 Å². The van der Waals surface area contributed by atoms with Gasteiger partial charge in [0.15, 0.2) is 10.9 Å². The number of thiocarbonyl (C=S) groups is 1. The van der Waals surface area contributed by atoms with E-state index >= 15 is 0 Å². The third-order valence-corrected chi connectivity index (χ3v) is 5.36. The Morgan fingerprint density at radius 2 is 1.78 bits per heavy atom. The molecule has 8 nitrogen and oxygen atoms in total. The minimum Gasteiger partial charge on any atom is -0.494 e. The second kappa shape index (κ2) is 11.4. The molecule has 0 unspecified atom stereocenters. The number of methoxy groups -OCH3 is 1. The highest BCUT2D eigenvalue weighted by Crippen LogP contribution is 2.29. The third kappa shape index (κ3) is 6.00. The normalized spacial score (nSPS) is 10.5. The van der Waals surface area contributed by atoms with Crippen molar-refractivity contribution in [1.82, 2.24) is 5.32 Å². The van der Waals surface area contributed by atoms with Crippen LogP contribution in [0.25, 0.3) is 11.0 Å². The van der Waals surface area contributed by atoms with Gasteiger partial charge in [-0.2, -0.15) is 0 Å². The molecule has 4 aromatic rings. The topological polar surface area (TPSA) is 102 Å². The Morgan fingerprint density at radius 1 is 0.944 bits per heavy atom. The number of hydrogen-bond donors (Lipinski definition) is 3. The van der Waals surface area contributed by atoms with E-state index in [0.717, 1.165) is 11.8 Å². The van der Waals surface area contributed by atoms with E-state index in [-0.39, 0.29) is 16.8 Å². The van der Waals surface area contributed by atoms with Gasteiger partial charge in [-0.1, -0.05) is 31.2 Å². The fraction of sp³-hybridized carbons (Fsp3) is 0.148. The third-order valence-electron chi connectivity index (χ3n) is 5.15. The van der Waals surface area contributed by atoms with Crippen LogP contribution in [0.15, 0.2) is 77.2 Å². The molecule has 1 aromatic heterocycles. The number of fused-ring (bicyclic) bond motifs is 1. The first-order valence-electron chi connectivity index (χ1n) is 11.3. The average Bonchev–Trinajstić information content (AvgIpc) is 3.33. The number of furan rings is 1. The number of amides is 2. The molecule has 2 amide bonds. The van der Waals surface area contributed by atoms with Crippen molar-refractivity contribution in [2.24, 2.45) is 0 Å². The van der Waals surface area contributed by atoms with Gasteiger partial charge in [0.2, 0.25) is 0 Å². The Morgan fingerprint density at radius 3 is 2.56 bits per heavy atom. The molecule has 0 bridgehead atoms. The summed E-state index contributed by atoms with van der Waals surface area (Å²) in [5.41, 5.74) is 2.07. The van der Waals surface area contributed by atoms with Crippen molar-refractivity contribution in [2.75, 3.05) is 24.4 Å². The average molecular weight is 504 g/mol. The van der Waals surface area contributed by atoms with Crippen LogP contribution in [0.4, 0.5) is 11.4 Å². The summed E-state index contributed by atoms with van der Waals surface area (Å²) in [5.74, 6) is 0.440. The quantitative estimate of drug-likeness (QED) is 0.269. The van der Waals surface area contributed by atoms with E-state index in [1.54, 1.807) is 54.6 Å². The maximum atomic E-state index is 12.7. The van der Waals surface area contributed by atoms with Gasteiger partial charge in [0, 0.05) is 22.7 Å². The summed E-state index contributed by atoms with van der Waals surface area (Å²) >= 11 is 5.30. The number of carbonyl (C=O) groups excluding carboxylic acids is 2. The largest absolute Gasteiger partial charge is 0.494 e. The molecule has 0 aliphatic heterocycles. The summed E-state index contributed by atoms with van der Waals surface area (Å²) in [6, 6.07) is 21.0. The van der Waals surface area contributed by atoms with Gasteiger partial charge in [0.05, 0.1) is 19.4 Å². The van der Waals surface area contributed by atoms with Gasteiger partial charge in [-0.25, -0.2) is 0 Å². The lowest BCUT2D eigenvalue weighted by Crippen LogP contribution is -2.34. The van der Waals surface area contributed by atoms with Crippen molar-refractivity contribution in [3.8, 4) is 11.5 Å². The highest BCUT2D eigenvalue weighted by atomic mass is 32.1. The lowest BCUT2D eigenvalue weighted by molar-refractivity contribution is 0.0974. The Labute approximate surface area is 213 Å². The van der Waals surface area contributed by atoms with Crippen molar-refractivity contribution in [3.63, 3.8) is 0 Å². The standard InChI is InChI=1S/C27H25N3O5S/c1-3-13-34-20-9-6-8-18(14-20)25(31)30-27(36)28-19-11-12-21(23(16-19)33-2)29-26(32)24-15-17-7-4-5-10-22(17)35-24/h4-12,14-16H,3,13H2,1-2H3,(H,29,32)(H2,28,30,31,36). The van der Waals surface area contributed by atoms with E-state index in [9.17, 15) is 9.59 Å². The molecule has 3 N–H and O–H groups in total. The smallest absolute Gasteiger partial charge is 0.291 e. The number of nitrogens with one attached hydrogen (secondary N) is 3. The first-order valence-corrected chi connectivity index (χ1v) is 11.7. The highest BCUT2D eigenvalue weighted by molar-refractivity contribution is 7.80. The zero-order valence-electron chi connectivity index (χ0n) is 19.8. The number of carbonyl (C=O) groups is 2. The summed E-state index contributed by atoms with van der Waals surface area (Å²) in [5, 5.41) is 9.35. The molecule has 184 valence electrons. The molecular formula is C27H25N3O5S. The summed E-state index contributed by atoms with van der Waals surface area (Å²) in [6.07, 6.45) is 0.871. The number of anilines is 2. The van der Waals surface area contributed by atoms with E-state index in [1.807, 2.05) is 25.1 Å². The van der Waals surface area contributed by atoms with Crippen LogP contribution in [-0.4, -0.2) is 30.6 Å². The van der Waals surface area contributed by atoms with E-state index in [0.29, 0.717) is 40.6 Å². The molecule has 0 aliphatic rings. The van der Waals surface area contributed by atoms with Gasteiger partial charge >= 0.3 is 0 Å². The molecule has 4 rings (SSSR count). The first-order chi connectivity index (χ1) is 17.5. The van der Waals surface area contributed by atoms with Crippen LogP contribution >= 0.6 is 12.2 Å². The Balaban J connectivity index is 1.39. The first kappa shape index (κ1) is 24.7. The Kier molecular flexibility index (Phi) is 7.82. The van der Waals surface area contributed by atoms with Crippen LogP contribution in [0.5, 0.6) is 11.5 Å². The van der Waals surface area contributed by atoms with Crippen LogP contribution in [0.3, 0.4) is 0 Å². The van der Waals surface area contributed by atoms with Crippen LogP contribution in [0.1, 0.15) is 34.3 Å². The fourth-order valence-corrected chi connectivity index (χ4v) is 3.65. The number of benzene rings is 3.